The van der Waals surface area contributed by atoms with Gasteiger partial charge in [0.05, 0.1) is 17.4 Å². The number of nitrogens with one attached hydrogen (secondary N) is 2. The molecule has 2 N–H and O–H groups in total. The van der Waals surface area contributed by atoms with Crippen molar-refractivity contribution in [2.45, 2.75) is 39.3 Å². The van der Waals surface area contributed by atoms with Gasteiger partial charge in [0.1, 0.15) is 5.82 Å². The predicted octanol–water partition coefficient (Wildman–Crippen LogP) is 4.06. The van der Waals surface area contributed by atoms with E-state index in [2.05, 4.69) is 47.7 Å². The Morgan fingerprint density at radius 2 is 2.00 bits per heavy atom. The summed E-state index contributed by atoms with van der Waals surface area (Å²) in [7, 11) is 0. The van der Waals surface area contributed by atoms with Gasteiger partial charge in [0.2, 0.25) is 0 Å². The number of fused-ring (bicyclic) bond motifs is 1. The molecule has 0 bridgehead atoms. The fourth-order valence-electron chi connectivity index (χ4n) is 3.50. The molecule has 3 aromatic rings. The van der Waals surface area contributed by atoms with E-state index in [-0.39, 0.29) is 6.04 Å². The molecule has 1 aliphatic rings. The van der Waals surface area contributed by atoms with Crippen LogP contribution >= 0.6 is 0 Å². The molecule has 27 heavy (non-hydrogen) atoms. The van der Waals surface area contributed by atoms with Crippen molar-refractivity contribution in [2.24, 2.45) is 0 Å². The minimum atomic E-state index is 0.127. The van der Waals surface area contributed by atoms with Crippen molar-refractivity contribution < 1.29 is 0 Å². The first kappa shape index (κ1) is 17.6. The van der Waals surface area contributed by atoms with Gasteiger partial charge >= 0.3 is 0 Å². The summed E-state index contributed by atoms with van der Waals surface area (Å²) in [5, 5.41) is 7.09. The summed E-state index contributed by atoms with van der Waals surface area (Å²) in [5.74, 6) is 1.71. The zero-order chi connectivity index (χ0) is 18.6. The highest BCUT2D eigenvalue weighted by Crippen LogP contribution is 2.28. The highest BCUT2D eigenvalue weighted by atomic mass is 15.1. The lowest BCUT2D eigenvalue weighted by Crippen LogP contribution is -2.27. The number of hydrogen-bond donors (Lipinski definition) is 2. The fraction of sp³-hybridized carbons (Fsp3) is 0.318. The van der Waals surface area contributed by atoms with E-state index in [0.717, 1.165) is 54.5 Å². The van der Waals surface area contributed by atoms with Crippen LogP contribution in [0.4, 0.5) is 5.82 Å². The van der Waals surface area contributed by atoms with Crippen molar-refractivity contribution in [3.05, 3.63) is 71.2 Å². The van der Waals surface area contributed by atoms with Gasteiger partial charge in [-0.3, -0.25) is 4.98 Å². The maximum Gasteiger partial charge on any atom is 0.161 e. The lowest BCUT2D eigenvalue weighted by molar-refractivity contribution is 0.621. The van der Waals surface area contributed by atoms with Crippen LogP contribution < -0.4 is 10.6 Å². The molecular formula is C22H25N5. The van der Waals surface area contributed by atoms with E-state index in [9.17, 15) is 0 Å². The Balaban J connectivity index is 1.74. The average molecular weight is 359 g/mol. The summed E-state index contributed by atoms with van der Waals surface area (Å²) < 4.78 is 0. The zero-order valence-corrected chi connectivity index (χ0v) is 15.9. The van der Waals surface area contributed by atoms with Crippen LogP contribution in [0.2, 0.25) is 0 Å². The van der Waals surface area contributed by atoms with E-state index in [4.69, 9.17) is 9.97 Å². The molecule has 0 saturated carbocycles. The van der Waals surface area contributed by atoms with Crippen molar-refractivity contribution in [1.29, 1.82) is 0 Å². The van der Waals surface area contributed by atoms with E-state index in [1.807, 2.05) is 30.5 Å². The summed E-state index contributed by atoms with van der Waals surface area (Å²) >= 11 is 0. The molecule has 0 spiro atoms. The predicted molar refractivity (Wildman–Crippen MR) is 109 cm³/mol. The minimum absolute atomic E-state index is 0.127. The number of rotatable bonds is 5. The first-order valence-corrected chi connectivity index (χ1v) is 9.59. The van der Waals surface area contributed by atoms with Crippen molar-refractivity contribution in [3.63, 3.8) is 0 Å². The van der Waals surface area contributed by atoms with Gasteiger partial charge in [-0.15, -0.1) is 0 Å². The Bertz CT molecular complexity index is 923. The monoisotopic (exact) mass is 359 g/mol. The molecule has 4 rings (SSSR count). The lowest BCUT2D eigenvalue weighted by atomic mass is 10.0. The number of nitrogens with zero attached hydrogens (tertiary/aromatic N) is 3. The summed E-state index contributed by atoms with van der Waals surface area (Å²) in [6, 6.07) is 14.5. The topological polar surface area (TPSA) is 62.7 Å². The summed E-state index contributed by atoms with van der Waals surface area (Å²) in [6.45, 7) is 6.01. The van der Waals surface area contributed by atoms with Gasteiger partial charge in [-0.05, 0) is 44.0 Å². The zero-order valence-electron chi connectivity index (χ0n) is 15.9. The molecule has 0 fully saturated rings. The second-order valence-electron chi connectivity index (χ2n) is 6.98. The third-order valence-electron chi connectivity index (χ3n) is 4.98. The average Bonchev–Trinajstić information content (AvgIpc) is 2.72. The number of pyridine rings is 1. The molecule has 0 aliphatic carbocycles. The van der Waals surface area contributed by atoms with E-state index in [1.54, 1.807) is 0 Å². The van der Waals surface area contributed by atoms with Crippen molar-refractivity contribution in [1.82, 2.24) is 20.3 Å². The van der Waals surface area contributed by atoms with E-state index < -0.39 is 0 Å². The minimum Gasteiger partial charge on any atom is -0.361 e. The normalized spacial score (nSPS) is 14.4. The Kier molecular flexibility index (Phi) is 5.12. The summed E-state index contributed by atoms with van der Waals surface area (Å²) in [5.41, 5.74) is 5.62. The van der Waals surface area contributed by atoms with E-state index >= 15 is 0 Å². The Hall–Kier alpha value is -2.79. The molecule has 0 unspecified atom stereocenters. The first-order valence-electron chi connectivity index (χ1n) is 9.59. The van der Waals surface area contributed by atoms with Crippen LogP contribution in [0, 0.1) is 6.92 Å². The summed E-state index contributed by atoms with van der Waals surface area (Å²) in [6.07, 6.45) is 3.75. The van der Waals surface area contributed by atoms with Gasteiger partial charge < -0.3 is 10.6 Å². The first-order chi connectivity index (χ1) is 13.2. The molecule has 0 amide bonds. The van der Waals surface area contributed by atoms with Crippen LogP contribution in [-0.2, 0) is 13.0 Å². The van der Waals surface area contributed by atoms with Gasteiger partial charge in [0, 0.05) is 23.9 Å². The SMILES string of the molecule is CC[C@H](Nc1nc(-c2ccccc2)nc2c1CCNC2)c1cc(C)ccn1. The smallest absolute Gasteiger partial charge is 0.161 e. The van der Waals surface area contributed by atoms with Crippen LogP contribution in [-0.4, -0.2) is 21.5 Å². The molecule has 0 radical (unpaired) electrons. The second-order valence-corrected chi connectivity index (χ2v) is 6.98. The third kappa shape index (κ3) is 3.83. The standard InChI is InChI=1S/C22H25N5/c1-3-18(19-13-15(2)9-12-24-19)25-22-17-10-11-23-14-20(17)26-21(27-22)16-7-5-4-6-8-16/h4-9,12-13,18,23H,3,10-11,14H2,1-2H3,(H,25,26,27)/t18-/m0/s1. The maximum absolute atomic E-state index is 4.91. The highest BCUT2D eigenvalue weighted by molar-refractivity contribution is 5.60. The fourth-order valence-corrected chi connectivity index (χ4v) is 3.50. The molecule has 3 heterocycles. The van der Waals surface area contributed by atoms with Crippen LogP contribution in [0.1, 0.15) is 41.9 Å². The van der Waals surface area contributed by atoms with Crippen molar-refractivity contribution in [2.75, 3.05) is 11.9 Å². The van der Waals surface area contributed by atoms with E-state index in [0.29, 0.717) is 0 Å². The van der Waals surface area contributed by atoms with Gasteiger partial charge in [0.25, 0.3) is 0 Å². The lowest BCUT2D eigenvalue weighted by Gasteiger charge is -2.24. The quantitative estimate of drug-likeness (QED) is 0.719. The van der Waals surface area contributed by atoms with Gasteiger partial charge in [-0.1, -0.05) is 37.3 Å². The number of anilines is 1. The number of aryl methyl sites for hydroxylation is 1. The Morgan fingerprint density at radius 1 is 1.15 bits per heavy atom. The Morgan fingerprint density at radius 3 is 2.78 bits per heavy atom. The van der Waals surface area contributed by atoms with Crippen LogP contribution in [0.15, 0.2) is 48.7 Å². The Labute approximate surface area is 160 Å². The molecule has 138 valence electrons. The number of aromatic nitrogens is 3. The second kappa shape index (κ2) is 7.84. The van der Waals surface area contributed by atoms with Gasteiger partial charge in [-0.2, -0.15) is 0 Å². The molecule has 0 saturated heterocycles. The van der Waals surface area contributed by atoms with Crippen LogP contribution in [0.5, 0.6) is 0 Å². The summed E-state index contributed by atoms with van der Waals surface area (Å²) in [4.78, 5) is 14.3. The molecule has 1 atom stereocenters. The van der Waals surface area contributed by atoms with Gasteiger partial charge in [0.15, 0.2) is 5.82 Å². The maximum atomic E-state index is 4.91. The van der Waals surface area contributed by atoms with E-state index in [1.165, 1.54) is 11.1 Å². The molecule has 5 nitrogen and oxygen atoms in total. The number of hydrogen-bond acceptors (Lipinski definition) is 5. The molecular weight excluding hydrogens is 334 g/mol. The number of benzene rings is 1. The van der Waals surface area contributed by atoms with Crippen molar-refractivity contribution >= 4 is 5.82 Å². The van der Waals surface area contributed by atoms with Crippen LogP contribution in [0.3, 0.4) is 0 Å². The van der Waals surface area contributed by atoms with Crippen molar-refractivity contribution in [3.8, 4) is 11.4 Å². The molecule has 5 heteroatoms. The molecule has 1 aromatic carbocycles. The molecule has 1 aliphatic heterocycles. The third-order valence-corrected chi connectivity index (χ3v) is 4.98. The largest absolute Gasteiger partial charge is 0.361 e. The van der Waals surface area contributed by atoms with Crippen LogP contribution in [0.25, 0.3) is 11.4 Å². The molecule has 2 aromatic heterocycles. The highest BCUT2D eigenvalue weighted by Gasteiger charge is 2.21. The van der Waals surface area contributed by atoms with Gasteiger partial charge in [-0.25, -0.2) is 9.97 Å².